The Kier molecular flexibility index (Phi) is 5.63. The van der Waals surface area contributed by atoms with Gasteiger partial charge in [-0.15, -0.1) is 10.2 Å². The van der Waals surface area contributed by atoms with Crippen LogP contribution in [-0.2, 0) is 4.79 Å². The molecule has 0 aliphatic rings. The van der Waals surface area contributed by atoms with E-state index >= 15 is 0 Å². The Morgan fingerprint density at radius 3 is 2.50 bits per heavy atom. The predicted molar refractivity (Wildman–Crippen MR) is 101 cm³/mol. The van der Waals surface area contributed by atoms with E-state index in [1.165, 1.54) is 4.80 Å². The molecule has 1 amide bonds. The van der Waals surface area contributed by atoms with E-state index in [0.29, 0.717) is 17.3 Å². The van der Waals surface area contributed by atoms with Crippen molar-refractivity contribution < 1.29 is 4.79 Å². The third kappa shape index (κ3) is 4.08. The molecule has 3 rings (SSSR count). The largest absolute Gasteiger partial charge is 0.348 e. The zero-order valence-electron chi connectivity index (χ0n) is 14.6. The number of hydrogen-bond acceptors (Lipinski definition) is 4. The molecule has 6 nitrogen and oxygen atoms in total. The fraction of sp³-hybridized carbons (Fsp3) is 0.263. The number of rotatable bonds is 6. The number of tetrazole rings is 1. The minimum Gasteiger partial charge on any atom is -0.348 e. The van der Waals surface area contributed by atoms with E-state index < -0.39 is 6.04 Å². The lowest BCUT2D eigenvalue weighted by molar-refractivity contribution is -0.125. The smallest absolute Gasteiger partial charge is 0.247 e. The Hall–Kier alpha value is -2.73. The van der Waals surface area contributed by atoms with Crippen LogP contribution in [0.25, 0.3) is 11.4 Å². The van der Waals surface area contributed by atoms with Crippen molar-refractivity contribution in [2.45, 2.75) is 32.4 Å². The molecular formula is C19H20ClN5O. The summed E-state index contributed by atoms with van der Waals surface area (Å²) in [4.78, 5) is 14.1. The fourth-order valence-corrected chi connectivity index (χ4v) is 2.79. The van der Waals surface area contributed by atoms with Crippen LogP contribution in [0.4, 0.5) is 0 Å². The first kappa shape index (κ1) is 18.1. The molecular weight excluding hydrogens is 350 g/mol. The number of hydrogen-bond donors (Lipinski definition) is 1. The molecule has 0 bridgehead atoms. The molecule has 3 aromatic rings. The van der Waals surface area contributed by atoms with Crippen molar-refractivity contribution in [3.63, 3.8) is 0 Å². The average Bonchev–Trinajstić information content (AvgIpc) is 3.13. The molecule has 0 radical (unpaired) electrons. The number of aromatic nitrogens is 4. The Bertz CT molecular complexity index is 863. The van der Waals surface area contributed by atoms with Crippen molar-refractivity contribution in [2.75, 3.05) is 0 Å². The first-order valence-corrected chi connectivity index (χ1v) is 8.87. The molecule has 134 valence electrons. The molecule has 2 aromatic carbocycles. The van der Waals surface area contributed by atoms with E-state index in [1.807, 2.05) is 56.3 Å². The predicted octanol–water partition coefficient (Wildman–Crippen LogP) is 3.82. The van der Waals surface area contributed by atoms with Crippen LogP contribution in [0.3, 0.4) is 0 Å². The van der Waals surface area contributed by atoms with Crippen molar-refractivity contribution in [2.24, 2.45) is 0 Å². The van der Waals surface area contributed by atoms with Crippen LogP contribution in [0.1, 0.15) is 37.9 Å². The number of carbonyl (C=O) groups excluding carboxylic acids is 1. The van der Waals surface area contributed by atoms with E-state index in [0.717, 1.165) is 11.1 Å². The number of halogens is 1. The highest BCUT2D eigenvalue weighted by Crippen LogP contribution is 2.19. The van der Waals surface area contributed by atoms with Crippen LogP contribution in [-0.4, -0.2) is 26.1 Å². The van der Waals surface area contributed by atoms with Gasteiger partial charge in [0.25, 0.3) is 0 Å². The van der Waals surface area contributed by atoms with Crippen molar-refractivity contribution in [3.8, 4) is 11.4 Å². The van der Waals surface area contributed by atoms with E-state index in [9.17, 15) is 4.79 Å². The average molecular weight is 370 g/mol. The van der Waals surface area contributed by atoms with Crippen LogP contribution in [0.2, 0.25) is 5.02 Å². The van der Waals surface area contributed by atoms with Gasteiger partial charge in [0.15, 0.2) is 6.04 Å². The molecule has 1 N–H and O–H groups in total. The maximum atomic E-state index is 12.7. The van der Waals surface area contributed by atoms with Crippen LogP contribution in [0.5, 0.6) is 0 Å². The lowest BCUT2D eigenvalue weighted by Crippen LogP contribution is -2.35. The van der Waals surface area contributed by atoms with Gasteiger partial charge in [-0.05, 0) is 48.4 Å². The molecule has 7 heteroatoms. The summed E-state index contributed by atoms with van der Waals surface area (Å²) < 4.78 is 0. The first-order valence-electron chi connectivity index (χ1n) is 8.49. The molecule has 26 heavy (non-hydrogen) atoms. The summed E-state index contributed by atoms with van der Waals surface area (Å²) in [5.74, 6) is 0.327. The van der Waals surface area contributed by atoms with Crippen molar-refractivity contribution in [1.82, 2.24) is 25.5 Å². The number of amides is 1. The second-order valence-corrected chi connectivity index (χ2v) is 6.44. The Labute approximate surface area is 157 Å². The minimum absolute atomic E-state index is 0.1000. The lowest BCUT2D eigenvalue weighted by Gasteiger charge is -2.18. The quantitative estimate of drug-likeness (QED) is 0.716. The maximum Gasteiger partial charge on any atom is 0.247 e. The fourth-order valence-electron chi connectivity index (χ4n) is 2.66. The molecule has 0 spiro atoms. The van der Waals surface area contributed by atoms with E-state index in [1.54, 1.807) is 12.1 Å². The zero-order chi connectivity index (χ0) is 18.5. The van der Waals surface area contributed by atoms with Gasteiger partial charge in [0.05, 0.1) is 6.04 Å². The Morgan fingerprint density at radius 2 is 1.85 bits per heavy atom. The molecule has 0 fully saturated rings. The molecule has 0 saturated carbocycles. The summed E-state index contributed by atoms with van der Waals surface area (Å²) in [6.07, 6.45) is 0.559. The van der Waals surface area contributed by atoms with Crippen molar-refractivity contribution >= 4 is 17.5 Å². The Morgan fingerprint density at radius 1 is 1.15 bits per heavy atom. The molecule has 1 heterocycles. The summed E-state index contributed by atoms with van der Waals surface area (Å²) in [5, 5.41) is 16.2. The molecule has 0 saturated heterocycles. The number of carbonyl (C=O) groups is 1. The molecule has 2 unspecified atom stereocenters. The van der Waals surface area contributed by atoms with Gasteiger partial charge in [0, 0.05) is 10.6 Å². The molecule has 2 atom stereocenters. The van der Waals surface area contributed by atoms with Gasteiger partial charge in [-0.1, -0.05) is 48.9 Å². The van der Waals surface area contributed by atoms with Gasteiger partial charge in [0.2, 0.25) is 11.7 Å². The van der Waals surface area contributed by atoms with Gasteiger partial charge in [-0.25, -0.2) is 0 Å². The summed E-state index contributed by atoms with van der Waals surface area (Å²) in [5.41, 5.74) is 1.85. The highest BCUT2D eigenvalue weighted by Gasteiger charge is 2.23. The van der Waals surface area contributed by atoms with Crippen molar-refractivity contribution in [3.05, 3.63) is 65.2 Å². The highest BCUT2D eigenvalue weighted by atomic mass is 35.5. The van der Waals surface area contributed by atoms with E-state index in [4.69, 9.17) is 11.6 Å². The van der Waals surface area contributed by atoms with E-state index in [-0.39, 0.29) is 11.9 Å². The van der Waals surface area contributed by atoms with Gasteiger partial charge < -0.3 is 5.32 Å². The van der Waals surface area contributed by atoms with Crippen LogP contribution in [0, 0.1) is 0 Å². The topological polar surface area (TPSA) is 72.7 Å². The Balaban J connectivity index is 1.74. The summed E-state index contributed by atoms with van der Waals surface area (Å²) >= 11 is 5.90. The third-order valence-electron chi connectivity index (χ3n) is 4.16. The SMILES string of the molecule is CCC(C(=O)NC(C)c1ccccc1)n1nnc(-c2ccc(Cl)cc2)n1. The van der Waals surface area contributed by atoms with Crippen LogP contribution >= 0.6 is 11.6 Å². The summed E-state index contributed by atoms with van der Waals surface area (Å²) in [6, 6.07) is 16.4. The monoisotopic (exact) mass is 369 g/mol. The second-order valence-electron chi connectivity index (χ2n) is 6.01. The van der Waals surface area contributed by atoms with E-state index in [2.05, 4.69) is 20.7 Å². The molecule has 0 aliphatic carbocycles. The van der Waals surface area contributed by atoms with Crippen LogP contribution in [0.15, 0.2) is 54.6 Å². The van der Waals surface area contributed by atoms with Gasteiger partial charge in [-0.2, -0.15) is 4.80 Å². The van der Waals surface area contributed by atoms with Crippen molar-refractivity contribution in [1.29, 1.82) is 0 Å². The number of nitrogens with zero attached hydrogens (tertiary/aromatic N) is 4. The van der Waals surface area contributed by atoms with Gasteiger partial charge in [-0.3, -0.25) is 4.79 Å². The maximum absolute atomic E-state index is 12.7. The standard InChI is InChI=1S/C19H20ClN5O/c1-3-17(19(26)21-13(2)14-7-5-4-6-8-14)25-23-18(22-24-25)15-9-11-16(20)12-10-15/h4-13,17H,3H2,1-2H3,(H,21,26). The first-order chi connectivity index (χ1) is 12.6. The van der Waals surface area contributed by atoms with Gasteiger partial charge >= 0.3 is 0 Å². The van der Waals surface area contributed by atoms with Crippen LogP contribution < -0.4 is 5.32 Å². The molecule has 0 aliphatic heterocycles. The minimum atomic E-state index is -0.519. The lowest BCUT2D eigenvalue weighted by atomic mass is 10.1. The highest BCUT2D eigenvalue weighted by molar-refractivity contribution is 6.30. The number of nitrogens with one attached hydrogen (secondary N) is 1. The number of benzene rings is 2. The third-order valence-corrected chi connectivity index (χ3v) is 4.41. The zero-order valence-corrected chi connectivity index (χ0v) is 15.4. The molecule has 1 aromatic heterocycles. The second kappa shape index (κ2) is 8.10. The normalized spacial score (nSPS) is 13.2. The van der Waals surface area contributed by atoms with Gasteiger partial charge in [0.1, 0.15) is 0 Å². The summed E-state index contributed by atoms with van der Waals surface area (Å²) in [7, 11) is 0. The summed E-state index contributed by atoms with van der Waals surface area (Å²) in [6.45, 7) is 3.87.